The van der Waals surface area contributed by atoms with Gasteiger partial charge in [0, 0.05) is 27.3 Å². The van der Waals surface area contributed by atoms with Crippen LogP contribution in [-0.4, -0.2) is 31.1 Å². The maximum absolute atomic E-state index is 3.54. The molecule has 1 aromatic rings. The van der Waals surface area contributed by atoms with Crippen LogP contribution in [0.3, 0.4) is 0 Å². The second-order valence-corrected chi connectivity index (χ2v) is 6.66. The second kappa shape index (κ2) is 6.88. The first-order chi connectivity index (χ1) is 8.29. The Morgan fingerprint density at radius 3 is 3.12 bits per heavy atom. The lowest BCUT2D eigenvalue weighted by Gasteiger charge is -2.35. The number of rotatable bonds is 5. The van der Waals surface area contributed by atoms with Crippen LogP contribution >= 0.6 is 27.3 Å². The van der Waals surface area contributed by atoms with Crippen molar-refractivity contribution >= 4 is 27.3 Å². The summed E-state index contributed by atoms with van der Waals surface area (Å²) in [6.45, 7) is 3.53. The van der Waals surface area contributed by atoms with Gasteiger partial charge in [0.15, 0.2) is 0 Å². The maximum atomic E-state index is 3.54. The van der Waals surface area contributed by atoms with Gasteiger partial charge in [0.1, 0.15) is 0 Å². The van der Waals surface area contributed by atoms with Crippen molar-refractivity contribution in [3.8, 4) is 0 Å². The number of piperidine rings is 1. The van der Waals surface area contributed by atoms with Crippen LogP contribution < -0.4 is 5.32 Å². The third kappa shape index (κ3) is 4.05. The van der Waals surface area contributed by atoms with Crippen molar-refractivity contribution < 1.29 is 0 Å². The molecule has 1 saturated heterocycles. The monoisotopic (exact) mass is 316 g/mol. The Kier molecular flexibility index (Phi) is 5.48. The molecule has 0 radical (unpaired) electrons. The van der Waals surface area contributed by atoms with E-state index in [1.807, 2.05) is 18.4 Å². The van der Waals surface area contributed by atoms with Gasteiger partial charge in [-0.3, -0.25) is 4.90 Å². The van der Waals surface area contributed by atoms with Gasteiger partial charge in [-0.1, -0.05) is 6.42 Å². The van der Waals surface area contributed by atoms with Crippen LogP contribution in [0.2, 0.25) is 0 Å². The van der Waals surface area contributed by atoms with Crippen LogP contribution in [-0.2, 0) is 6.54 Å². The molecule has 1 N–H and O–H groups in total. The average Bonchev–Trinajstić information content (AvgIpc) is 2.74. The van der Waals surface area contributed by atoms with Crippen LogP contribution in [0.15, 0.2) is 15.9 Å². The molecule has 2 rings (SSSR count). The molecule has 1 atom stereocenters. The van der Waals surface area contributed by atoms with Crippen molar-refractivity contribution in [1.82, 2.24) is 10.2 Å². The lowest BCUT2D eigenvalue weighted by molar-refractivity contribution is 0.134. The van der Waals surface area contributed by atoms with E-state index in [1.165, 1.54) is 41.6 Å². The number of hydrogen-bond acceptors (Lipinski definition) is 3. The average molecular weight is 317 g/mol. The molecule has 0 saturated carbocycles. The summed E-state index contributed by atoms with van der Waals surface area (Å²) in [6.07, 6.45) is 5.42. The standard InChI is InChI=1S/C13H21BrN2S/c1-15-6-5-12-4-2-3-7-16(12)9-13-8-11(14)10-17-13/h8,10,12,15H,2-7,9H2,1H3. The minimum Gasteiger partial charge on any atom is -0.320 e. The summed E-state index contributed by atoms with van der Waals surface area (Å²) in [5, 5.41) is 5.45. The number of halogens is 1. The van der Waals surface area contributed by atoms with E-state index in [-0.39, 0.29) is 0 Å². The normalized spacial score (nSPS) is 21.9. The first-order valence-electron chi connectivity index (χ1n) is 6.41. The van der Waals surface area contributed by atoms with Crippen molar-refractivity contribution in [2.45, 2.75) is 38.3 Å². The van der Waals surface area contributed by atoms with Gasteiger partial charge >= 0.3 is 0 Å². The van der Waals surface area contributed by atoms with E-state index < -0.39 is 0 Å². The quantitative estimate of drug-likeness (QED) is 0.894. The molecular formula is C13H21BrN2S. The predicted octanol–water partition coefficient (Wildman–Crippen LogP) is 3.47. The smallest absolute Gasteiger partial charge is 0.0331 e. The van der Waals surface area contributed by atoms with E-state index in [1.54, 1.807) is 0 Å². The molecular weight excluding hydrogens is 296 g/mol. The largest absolute Gasteiger partial charge is 0.320 e. The Hall–Kier alpha value is 0.1000. The molecule has 1 fully saturated rings. The fourth-order valence-corrected chi connectivity index (χ4v) is 4.02. The van der Waals surface area contributed by atoms with Crippen LogP contribution in [0.4, 0.5) is 0 Å². The summed E-state index contributed by atoms with van der Waals surface area (Å²) in [7, 11) is 2.05. The van der Waals surface area contributed by atoms with Crippen LogP contribution in [0.25, 0.3) is 0 Å². The Morgan fingerprint density at radius 1 is 1.53 bits per heavy atom. The molecule has 1 aliphatic rings. The lowest BCUT2D eigenvalue weighted by atomic mass is 9.99. The van der Waals surface area contributed by atoms with Gasteiger partial charge in [0.2, 0.25) is 0 Å². The highest BCUT2D eigenvalue weighted by molar-refractivity contribution is 9.10. The van der Waals surface area contributed by atoms with Crippen LogP contribution in [0.1, 0.15) is 30.6 Å². The number of nitrogens with one attached hydrogen (secondary N) is 1. The van der Waals surface area contributed by atoms with Crippen LogP contribution in [0, 0.1) is 0 Å². The molecule has 1 aliphatic heterocycles. The van der Waals surface area contributed by atoms with Crippen molar-refractivity contribution in [3.63, 3.8) is 0 Å². The zero-order valence-corrected chi connectivity index (χ0v) is 12.8. The summed E-state index contributed by atoms with van der Waals surface area (Å²) >= 11 is 5.40. The minimum absolute atomic E-state index is 0.775. The van der Waals surface area contributed by atoms with Crippen molar-refractivity contribution in [1.29, 1.82) is 0 Å². The van der Waals surface area contributed by atoms with Gasteiger partial charge in [-0.2, -0.15) is 0 Å². The zero-order chi connectivity index (χ0) is 12.1. The summed E-state index contributed by atoms with van der Waals surface area (Å²) in [5.41, 5.74) is 0. The SMILES string of the molecule is CNCCC1CCCCN1Cc1cc(Br)cs1. The highest BCUT2D eigenvalue weighted by atomic mass is 79.9. The van der Waals surface area contributed by atoms with E-state index >= 15 is 0 Å². The molecule has 0 aromatic carbocycles. The molecule has 0 aliphatic carbocycles. The number of likely N-dealkylation sites (tertiary alicyclic amines) is 1. The van der Waals surface area contributed by atoms with Crippen LogP contribution in [0.5, 0.6) is 0 Å². The van der Waals surface area contributed by atoms with Crippen molar-refractivity contribution in [2.24, 2.45) is 0 Å². The van der Waals surface area contributed by atoms with E-state index in [2.05, 4.69) is 37.6 Å². The van der Waals surface area contributed by atoms with Gasteiger partial charge in [0.25, 0.3) is 0 Å². The molecule has 0 spiro atoms. The van der Waals surface area contributed by atoms with E-state index in [9.17, 15) is 0 Å². The summed E-state index contributed by atoms with van der Waals surface area (Å²) < 4.78 is 1.22. The molecule has 1 unspecified atom stereocenters. The second-order valence-electron chi connectivity index (χ2n) is 4.74. The molecule has 96 valence electrons. The Balaban J connectivity index is 1.91. The third-order valence-corrected chi connectivity index (χ3v) is 5.14. The predicted molar refractivity (Wildman–Crippen MR) is 78.6 cm³/mol. The molecule has 17 heavy (non-hydrogen) atoms. The molecule has 1 aromatic heterocycles. The zero-order valence-electron chi connectivity index (χ0n) is 10.4. The minimum atomic E-state index is 0.775. The number of hydrogen-bond donors (Lipinski definition) is 1. The number of thiophene rings is 1. The lowest BCUT2D eigenvalue weighted by Crippen LogP contribution is -2.40. The van der Waals surface area contributed by atoms with E-state index in [0.717, 1.165) is 19.1 Å². The van der Waals surface area contributed by atoms with E-state index in [0.29, 0.717) is 0 Å². The maximum Gasteiger partial charge on any atom is 0.0331 e. The summed E-state index contributed by atoms with van der Waals surface area (Å²) in [4.78, 5) is 4.15. The highest BCUT2D eigenvalue weighted by Crippen LogP contribution is 2.26. The summed E-state index contributed by atoms with van der Waals surface area (Å²) in [5.74, 6) is 0. The molecule has 2 heterocycles. The van der Waals surface area contributed by atoms with Gasteiger partial charge in [0.05, 0.1) is 0 Å². The highest BCUT2D eigenvalue weighted by Gasteiger charge is 2.22. The Morgan fingerprint density at radius 2 is 2.41 bits per heavy atom. The fourth-order valence-electron chi connectivity index (χ4n) is 2.54. The van der Waals surface area contributed by atoms with Crippen molar-refractivity contribution in [3.05, 3.63) is 20.8 Å². The number of nitrogens with zero attached hydrogens (tertiary/aromatic N) is 1. The molecule has 0 amide bonds. The van der Waals surface area contributed by atoms with Gasteiger partial charge in [-0.15, -0.1) is 11.3 Å². The molecule has 4 heteroatoms. The van der Waals surface area contributed by atoms with E-state index in [4.69, 9.17) is 0 Å². The van der Waals surface area contributed by atoms with Gasteiger partial charge < -0.3 is 5.32 Å². The summed E-state index contributed by atoms with van der Waals surface area (Å²) in [6, 6.07) is 3.03. The Labute approximate surface area is 117 Å². The topological polar surface area (TPSA) is 15.3 Å². The first kappa shape index (κ1) is 13.5. The van der Waals surface area contributed by atoms with Crippen molar-refractivity contribution in [2.75, 3.05) is 20.1 Å². The molecule has 0 bridgehead atoms. The first-order valence-corrected chi connectivity index (χ1v) is 8.08. The van der Waals surface area contributed by atoms with Gasteiger partial charge in [-0.25, -0.2) is 0 Å². The van der Waals surface area contributed by atoms with Gasteiger partial charge in [-0.05, 0) is 61.4 Å². The fraction of sp³-hybridized carbons (Fsp3) is 0.692. The molecule has 2 nitrogen and oxygen atoms in total. The Bertz CT molecular complexity index is 340. The third-order valence-electron chi connectivity index (χ3n) is 3.46.